The molecule has 0 spiro atoms. The molecular weight excluding hydrogens is 579 g/mol. The van der Waals surface area contributed by atoms with E-state index in [1.165, 1.54) is 24.3 Å². The summed E-state index contributed by atoms with van der Waals surface area (Å²) in [5.41, 5.74) is 1.48. The number of nitrogens with zero attached hydrogens (tertiary/aromatic N) is 2. The molecule has 3 aromatic carbocycles. The Bertz CT molecular complexity index is 1670. The Morgan fingerprint density at radius 3 is 2.42 bits per heavy atom. The van der Waals surface area contributed by atoms with E-state index in [9.17, 15) is 19.7 Å². The van der Waals surface area contributed by atoms with Crippen LogP contribution in [0.5, 0.6) is 5.75 Å². The van der Waals surface area contributed by atoms with Crippen LogP contribution in [0.3, 0.4) is 0 Å². The average Bonchev–Trinajstić information content (AvgIpc) is 3.29. The van der Waals surface area contributed by atoms with Gasteiger partial charge in [-0.25, -0.2) is 9.36 Å². The van der Waals surface area contributed by atoms with Crippen molar-refractivity contribution in [3.8, 4) is 22.8 Å². The topological polar surface area (TPSA) is 114 Å². The summed E-state index contributed by atoms with van der Waals surface area (Å²) < 4.78 is 19.7. The van der Waals surface area contributed by atoms with Gasteiger partial charge in [0.05, 0.1) is 22.1 Å². The van der Waals surface area contributed by atoms with Crippen molar-refractivity contribution in [3.63, 3.8) is 0 Å². The van der Waals surface area contributed by atoms with Gasteiger partial charge in [0.25, 0.3) is 17.2 Å². The Balaban J connectivity index is 1.48. The van der Waals surface area contributed by atoms with E-state index in [4.69, 9.17) is 13.9 Å². The van der Waals surface area contributed by atoms with Crippen molar-refractivity contribution >= 4 is 28.3 Å². The van der Waals surface area contributed by atoms with E-state index >= 15 is 0 Å². The van der Waals surface area contributed by atoms with Crippen LogP contribution in [0.4, 0.5) is 5.69 Å². The third-order valence-corrected chi connectivity index (χ3v) is 6.85. The van der Waals surface area contributed by atoms with Gasteiger partial charge in [-0.3, -0.25) is 14.9 Å². The SMILES string of the molecule is O=c1oc2c(c(=O)n1-c1ccc(I)cc1)C1C=C(Oc3ccc([N+](=O)[O-])cc3)OC1c1ccccc1-2. The Kier molecular flexibility index (Phi) is 5.25. The minimum Gasteiger partial charge on any atom is -0.456 e. The molecule has 0 saturated heterocycles. The van der Waals surface area contributed by atoms with Gasteiger partial charge in [0.2, 0.25) is 0 Å². The second kappa shape index (κ2) is 8.48. The van der Waals surface area contributed by atoms with Crippen LogP contribution < -0.4 is 16.1 Å². The van der Waals surface area contributed by atoms with E-state index in [1.54, 1.807) is 42.5 Å². The van der Waals surface area contributed by atoms with E-state index in [0.29, 0.717) is 22.6 Å². The van der Waals surface area contributed by atoms with Crippen molar-refractivity contribution in [1.82, 2.24) is 4.57 Å². The second-order valence-electron chi connectivity index (χ2n) is 8.22. The smallest absolute Gasteiger partial charge is 0.426 e. The van der Waals surface area contributed by atoms with Crippen molar-refractivity contribution in [1.29, 1.82) is 0 Å². The van der Waals surface area contributed by atoms with Crippen LogP contribution in [-0.4, -0.2) is 9.49 Å². The summed E-state index contributed by atoms with van der Waals surface area (Å²) in [5, 5.41) is 10.9. The summed E-state index contributed by atoms with van der Waals surface area (Å²) in [6.45, 7) is 0. The van der Waals surface area contributed by atoms with Crippen LogP contribution in [-0.2, 0) is 4.74 Å². The number of nitro groups is 1. The molecule has 10 heteroatoms. The first-order chi connectivity index (χ1) is 17.4. The van der Waals surface area contributed by atoms with Crippen molar-refractivity contribution < 1.29 is 18.8 Å². The molecule has 0 N–H and O–H groups in total. The molecule has 6 rings (SSSR count). The van der Waals surface area contributed by atoms with Gasteiger partial charge in [-0.05, 0) is 59.0 Å². The first-order valence-corrected chi connectivity index (χ1v) is 11.9. The fourth-order valence-corrected chi connectivity index (χ4v) is 4.88. The van der Waals surface area contributed by atoms with E-state index in [0.717, 1.165) is 13.7 Å². The third-order valence-electron chi connectivity index (χ3n) is 6.13. The van der Waals surface area contributed by atoms with Crippen molar-refractivity contribution in [2.24, 2.45) is 0 Å². The zero-order valence-corrected chi connectivity index (χ0v) is 20.4. The van der Waals surface area contributed by atoms with Crippen molar-refractivity contribution in [2.45, 2.75) is 12.0 Å². The largest absolute Gasteiger partial charge is 0.456 e. The standard InChI is InChI=1S/C26H15IN2O7/c27-14-5-7-15(8-6-14)28-25(30)22-20-13-21(34-17-11-9-16(10-12-17)29(32)33)35-23(20)18-3-1-2-4-19(18)24(22)36-26(28)31/h1-13,20,23H. The molecule has 4 aromatic rings. The molecule has 0 bridgehead atoms. The highest BCUT2D eigenvalue weighted by Gasteiger charge is 2.43. The zero-order chi connectivity index (χ0) is 25.0. The lowest BCUT2D eigenvalue weighted by Crippen LogP contribution is -2.36. The molecule has 0 saturated carbocycles. The van der Waals surface area contributed by atoms with Gasteiger partial charge in [-0.15, -0.1) is 0 Å². The predicted molar refractivity (Wildman–Crippen MR) is 137 cm³/mol. The van der Waals surface area contributed by atoms with Gasteiger partial charge in [0, 0.05) is 32.9 Å². The Labute approximate surface area is 216 Å². The number of ether oxygens (including phenoxy) is 2. The molecule has 2 unspecified atom stereocenters. The molecule has 1 aliphatic heterocycles. The number of halogens is 1. The van der Waals surface area contributed by atoms with Crippen molar-refractivity contribution in [2.75, 3.05) is 0 Å². The van der Waals surface area contributed by atoms with Gasteiger partial charge in [-0.2, -0.15) is 0 Å². The van der Waals surface area contributed by atoms with E-state index < -0.39 is 28.3 Å². The first kappa shape index (κ1) is 22.3. The summed E-state index contributed by atoms with van der Waals surface area (Å²) in [6.07, 6.45) is 1.09. The summed E-state index contributed by atoms with van der Waals surface area (Å²) in [4.78, 5) is 37.1. The zero-order valence-electron chi connectivity index (χ0n) is 18.3. The van der Waals surface area contributed by atoms with Gasteiger partial charge in [-0.1, -0.05) is 24.3 Å². The first-order valence-electron chi connectivity index (χ1n) is 10.9. The van der Waals surface area contributed by atoms with Crippen LogP contribution in [0.1, 0.15) is 23.1 Å². The van der Waals surface area contributed by atoms with Gasteiger partial charge < -0.3 is 13.9 Å². The number of hydrogen-bond donors (Lipinski definition) is 0. The highest BCUT2D eigenvalue weighted by Crippen LogP contribution is 2.51. The Hall–Kier alpha value is -4.19. The minimum absolute atomic E-state index is 0.0635. The average molecular weight is 594 g/mol. The summed E-state index contributed by atoms with van der Waals surface area (Å²) in [5.74, 6) is -0.656. The molecule has 2 atom stereocenters. The number of rotatable bonds is 4. The van der Waals surface area contributed by atoms with Crippen LogP contribution in [0.25, 0.3) is 17.0 Å². The molecule has 2 aliphatic rings. The summed E-state index contributed by atoms with van der Waals surface area (Å²) in [6, 6.07) is 19.8. The Morgan fingerprint density at radius 1 is 0.972 bits per heavy atom. The van der Waals surface area contributed by atoms with Gasteiger partial charge >= 0.3 is 5.76 Å². The molecule has 9 nitrogen and oxygen atoms in total. The molecule has 0 amide bonds. The van der Waals surface area contributed by atoms with Crippen LogP contribution in [0, 0.1) is 13.7 Å². The molecule has 1 aromatic heterocycles. The molecular formula is C26H15IN2O7. The number of non-ortho nitro benzene ring substituents is 1. The molecule has 1 aliphatic carbocycles. The monoisotopic (exact) mass is 594 g/mol. The third kappa shape index (κ3) is 3.61. The van der Waals surface area contributed by atoms with E-state index in [-0.39, 0.29) is 17.4 Å². The van der Waals surface area contributed by atoms with Gasteiger partial charge in [0.1, 0.15) is 17.6 Å². The molecule has 178 valence electrons. The number of benzene rings is 3. The summed E-state index contributed by atoms with van der Waals surface area (Å²) in [7, 11) is 0. The van der Waals surface area contributed by atoms with Crippen LogP contribution >= 0.6 is 22.6 Å². The quantitative estimate of drug-likeness (QED) is 0.184. The normalized spacial score (nSPS) is 17.3. The maximum absolute atomic E-state index is 13.8. The summed E-state index contributed by atoms with van der Waals surface area (Å²) >= 11 is 2.14. The van der Waals surface area contributed by atoms with E-state index in [2.05, 4.69) is 22.6 Å². The van der Waals surface area contributed by atoms with Gasteiger partial charge in [0.15, 0.2) is 0 Å². The highest BCUT2D eigenvalue weighted by atomic mass is 127. The lowest BCUT2D eigenvalue weighted by atomic mass is 9.81. The lowest BCUT2D eigenvalue weighted by Gasteiger charge is -2.27. The highest BCUT2D eigenvalue weighted by molar-refractivity contribution is 14.1. The Morgan fingerprint density at radius 2 is 1.69 bits per heavy atom. The fourth-order valence-electron chi connectivity index (χ4n) is 4.52. The number of hydrogen-bond acceptors (Lipinski definition) is 7. The number of fused-ring (bicyclic) bond motifs is 6. The number of nitro benzene ring substituents is 1. The van der Waals surface area contributed by atoms with E-state index in [1.807, 2.05) is 12.1 Å². The predicted octanol–water partition coefficient (Wildman–Crippen LogP) is 5.06. The van der Waals surface area contributed by atoms with Crippen LogP contribution in [0.2, 0.25) is 0 Å². The molecule has 0 fully saturated rings. The maximum atomic E-state index is 13.8. The maximum Gasteiger partial charge on any atom is 0.426 e. The van der Waals surface area contributed by atoms with Crippen LogP contribution in [0.15, 0.2) is 98.8 Å². The molecule has 0 radical (unpaired) electrons. The molecule has 36 heavy (non-hydrogen) atoms. The van der Waals surface area contributed by atoms with Crippen molar-refractivity contribution in [3.05, 3.63) is 131 Å². The number of aromatic nitrogens is 1. The molecule has 2 heterocycles. The second-order valence-corrected chi connectivity index (χ2v) is 9.46. The lowest BCUT2D eigenvalue weighted by molar-refractivity contribution is -0.384. The fraction of sp³-hybridized carbons (Fsp3) is 0.0769. The minimum atomic E-state index is -0.779.